The van der Waals surface area contributed by atoms with Crippen LogP contribution in [0.3, 0.4) is 0 Å². The first-order chi connectivity index (χ1) is 17.0. The summed E-state index contributed by atoms with van der Waals surface area (Å²) in [5.74, 6) is -0.0151. The van der Waals surface area contributed by atoms with Crippen LogP contribution in [-0.4, -0.2) is 63.9 Å². The Hall–Kier alpha value is -2.79. The van der Waals surface area contributed by atoms with Crippen molar-refractivity contribution in [1.29, 1.82) is 0 Å². The zero-order chi connectivity index (χ0) is 26.0. The lowest BCUT2D eigenvalue weighted by Crippen LogP contribution is -2.96. The van der Waals surface area contributed by atoms with E-state index in [0.29, 0.717) is 30.6 Å². The van der Waals surface area contributed by atoms with E-state index < -0.39 is 11.7 Å². The van der Waals surface area contributed by atoms with Crippen LogP contribution in [-0.2, 0) is 15.8 Å². The zero-order valence-corrected chi connectivity index (χ0v) is 20.8. The molecule has 2 aromatic rings. The third-order valence-electron chi connectivity index (χ3n) is 7.11. The predicted molar refractivity (Wildman–Crippen MR) is 129 cm³/mol. The van der Waals surface area contributed by atoms with E-state index >= 15 is 0 Å². The number of hydrogen-bond acceptors (Lipinski definition) is 6. The van der Waals surface area contributed by atoms with Crippen molar-refractivity contribution in [2.24, 2.45) is 5.92 Å². The fourth-order valence-electron chi connectivity index (χ4n) is 5.56. The van der Waals surface area contributed by atoms with Crippen LogP contribution in [0.4, 0.5) is 19.0 Å². The van der Waals surface area contributed by atoms with Gasteiger partial charge in [-0.15, -0.1) is 0 Å². The van der Waals surface area contributed by atoms with Gasteiger partial charge in [0.15, 0.2) is 0 Å². The van der Waals surface area contributed by atoms with E-state index in [1.54, 1.807) is 12.2 Å². The van der Waals surface area contributed by atoms with E-state index in [2.05, 4.69) is 34.4 Å². The molecule has 1 aliphatic carbocycles. The SMILES string of the molecule is CC(=O)[NH2+]C1C[C@H](NC(C)C)CC[C@@H]1N1CCC(CNc2ncnc3ccc(C(F)(F)F)cc23)C1=O. The van der Waals surface area contributed by atoms with E-state index in [1.165, 1.54) is 12.4 Å². The lowest BCUT2D eigenvalue weighted by atomic mass is 9.85. The number of halogens is 3. The minimum Gasteiger partial charge on any atom is -0.369 e. The molecule has 11 heteroatoms. The summed E-state index contributed by atoms with van der Waals surface area (Å²) in [5.41, 5.74) is -0.374. The molecule has 1 aromatic heterocycles. The number of rotatable bonds is 7. The number of anilines is 1. The average Bonchev–Trinajstić information content (AvgIpc) is 3.16. The molecule has 196 valence electrons. The largest absolute Gasteiger partial charge is 0.416 e. The van der Waals surface area contributed by atoms with E-state index in [0.717, 1.165) is 31.4 Å². The summed E-state index contributed by atoms with van der Waals surface area (Å²) in [7, 11) is 0. The first kappa shape index (κ1) is 26.3. The van der Waals surface area contributed by atoms with E-state index in [-0.39, 0.29) is 47.6 Å². The van der Waals surface area contributed by atoms with Crippen LogP contribution in [0.2, 0.25) is 0 Å². The van der Waals surface area contributed by atoms with Crippen molar-refractivity contribution in [1.82, 2.24) is 20.2 Å². The number of benzene rings is 1. The second-order valence-corrected chi connectivity index (χ2v) is 10.2. The number of likely N-dealkylation sites (tertiary alicyclic amines) is 1. The molecule has 4 rings (SSSR count). The van der Waals surface area contributed by atoms with Gasteiger partial charge < -0.3 is 15.5 Å². The van der Waals surface area contributed by atoms with Crippen molar-refractivity contribution in [3.8, 4) is 0 Å². The quantitative estimate of drug-likeness (QED) is 0.532. The molecule has 0 spiro atoms. The fourth-order valence-corrected chi connectivity index (χ4v) is 5.56. The van der Waals surface area contributed by atoms with Gasteiger partial charge in [0.05, 0.1) is 30.0 Å². The highest BCUT2D eigenvalue weighted by Gasteiger charge is 2.43. The Morgan fingerprint density at radius 1 is 1.22 bits per heavy atom. The number of carbonyl (C=O) groups is 2. The molecular formula is C25H34F3N6O2+. The summed E-state index contributed by atoms with van der Waals surface area (Å²) in [6, 6.07) is 3.98. The number of primary amides is 1. The third-order valence-corrected chi connectivity index (χ3v) is 7.11. The van der Waals surface area contributed by atoms with Crippen molar-refractivity contribution in [2.45, 2.75) is 76.8 Å². The molecule has 1 aliphatic heterocycles. The van der Waals surface area contributed by atoms with Gasteiger partial charge in [-0.2, -0.15) is 13.2 Å². The van der Waals surface area contributed by atoms with Crippen molar-refractivity contribution < 1.29 is 28.1 Å². The van der Waals surface area contributed by atoms with Crippen LogP contribution < -0.4 is 16.0 Å². The second-order valence-electron chi connectivity index (χ2n) is 10.2. The number of amides is 2. The van der Waals surface area contributed by atoms with Crippen molar-refractivity contribution in [3.63, 3.8) is 0 Å². The van der Waals surface area contributed by atoms with Crippen LogP contribution in [0.1, 0.15) is 52.0 Å². The van der Waals surface area contributed by atoms with Gasteiger partial charge in [-0.1, -0.05) is 13.8 Å². The van der Waals surface area contributed by atoms with Crippen molar-refractivity contribution in [2.75, 3.05) is 18.4 Å². The summed E-state index contributed by atoms with van der Waals surface area (Å²) in [6.45, 7) is 6.61. The van der Waals surface area contributed by atoms with E-state index in [9.17, 15) is 22.8 Å². The van der Waals surface area contributed by atoms with Gasteiger partial charge in [-0.25, -0.2) is 14.8 Å². The van der Waals surface area contributed by atoms with Crippen molar-refractivity contribution in [3.05, 3.63) is 30.1 Å². The van der Waals surface area contributed by atoms with Gasteiger partial charge in [0.25, 0.3) is 0 Å². The van der Waals surface area contributed by atoms with Crippen LogP contribution in [0.5, 0.6) is 0 Å². The topological polar surface area (TPSA) is 104 Å². The third kappa shape index (κ3) is 5.95. The summed E-state index contributed by atoms with van der Waals surface area (Å²) < 4.78 is 39.6. The lowest BCUT2D eigenvalue weighted by Gasteiger charge is -2.39. The first-order valence-corrected chi connectivity index (χ1v) is 12.5. The molecule has 2 heterocycles. The number of nitrogens with two attached hydrogens (primary N) is 1. The van der Waals surface area contributed by atoms with Crippen LogP contribution in [0.25, 0.3) is 10.9 Å². The Kier molecular flexibility index (Phi) is 7.79. The molecule has 1 aromatic carbocycles. The first-order valence-electron chi connectivity index (χ1n) is 12.5. The molecule has 1 saturated carbocycles. The summed E-state index contributed by atoms with van der Waals surface area (Å²) in [4.78, 5) is 35.4. The molecule has 0 bridgehead atoms. The number of hydrogen-bond donors (Lipinski definition) is 3. The number of quaternary nitrogens is 1. The van der Waals surface area contributed by atoms with Crippen LogP contribution in [0, 0.1) is 5.92 Å². The molecule has 2 unspecified atom stereocenters. The number of aromatic nitrogens is 2. The molecule has 1 saturated heterocycles. The molecular weight excluding hydrogens is 473 g/mol. The summed E-state index contributed by atoms with van der Waals surface area (Å²) in [5, 5.41) is 8.67. The normalized spacial score (nSPS) is 25.1. The maximum absolute atomic E-state index is 13.4. The molecule has 2 fully saturated rings. The Morgan fingerprint density at radius 3 is 2.69 bits per heavy atom. The van der Waals surface area contributed by atoms with Gasteiger partial charge in [0, 0.05) is 37.0 Å². The van der Waals surface area contributed by atoms with Gasteiger partial charge in [0.1, 0.15) is 18.2 Å². The number of alkyl halides is 3. The molecule has 36 heavy (non-hydrogen) atoms. The minimum atomic E-state index is -4.47. The highest BCUT2D eigenvalue weighted by atomic mass is 19.4. The Morgan fingerprint density at radius 2 is 2.00 bits per heavy atom. The fraction of sp³-hybridized carbons (Fsp3) is 0.600. The highest BCUT2D eigenvalue weighted by molar-refractivity contribution is 5.90. The van der Waals surface area contributed by atoms with E-state index in [1.807, 2.05) is 4.90 Å². The van der Waals surface area contributed by atoms with E-state index in [4.69, 9.17) is 0 Å². The predicted octanol–water partition coefficient (Wildman–Crippen LogP) is 2.31. The van der Waals surface area contributed by atoms with Crippen molar-refractivity contribution >= 4 is 28.5 Å². The Bertz CT molecular complexity index is 1110. The number of nitrogens with zero attached hydrogens (tertiary/aromatic N) is 3. The van der Waals surface area contributed by atoms with Crippen LogP contribution >= 0.6 is 0 Å². The molecule has 2 amide bonds. The van der Waals surface area contributed by atoms with Gasteiger partial charge in [-0.3, -0.25) is 10.1 Å². The molecule has 4 N–H and O–H groups in total. The summed E-state index contributed by atoms with van der Waals surface area (Å²) in [6.07, 6.45) is 0.0316. The maximum atomic E-state index is 13.4. The molecule has 8 nitrogen and oxygen atoms in total. The average molecular weight is 508 g/mol. The smallest absolute Gasteiger partial charge is 0.369 e. The molecule has 4 atom stereocenters. The monoisotopic (exact) mass is 507 g/mol. The Balaban J connectivity index is 1.44. The Labute approximate surface area is 208 Å². The maximum Gasteiger partial charge on any atom is 0.416 e. The van der Waals surface area contributed by atoms with Gasteiger partial charge >= 0.3 is 12.1 Å². The highest BCUT2D eigenvalue weighted by Crippen LogP contribution is 2.33. The number of carbonyl (C=O) groups excluding carboxylic acids is 2. The van der Waals surface area contributed by atoms with Crippen LogP contribution in [0.15, 0.2) is 24.5 Å². The summed E-state index contributed by atoms with van der Waals surface area (Å²) >= 11 is 0. The zero-order valence-electron chi connectivity index (χ0n) is 20.8. The second kappa shape index (κ2) is 10.7. The number of nitrogens with one attached hydrogen (secondary N) is 2. The lowest BCUT2D eigenvalue weighted by molar-refractivity contribution is -0.613. The molecule has 2 aliphatic rings. The minimum absolute atomic E-state index is 0.00485. The van der Waals surface area contributed by atoms with Gasteiger partial charge in [0.2, 0.25) is 5.91 Å². The van der Waals surface area contributed by atoms with Gasteiger partial charge in [-0.05, 0) is 37.5 Å². The number of fused-ring (bicyclic) bond motifs is 1. The standard InChI is InChI=1S/C25H33F3N6O2/c1-14(2)32-18-5-7-22(21(11-18)33-15(3)35)34-9-8-16(24(34)36)12-29-23-19-10-17(25(26,27)28)4-6-20(19)30-13-31-23/h4,6,10,13-14,16,18,21-22,32H,5,7-9,11-12H2,1-3H3,(H,33,35)(H,29,30,31)/p+1/t16?,18-,21?,22+/m1/s1. The molecule has 0 radical (unpaired) electrons.